The summed E-state index contributed by atoms with van der Waals surface area (Å²) >= 11 is 2.41. The molecule has 1 aliphatic rings. The lowest BCUT2D eigenvalue weighted by Crippen LogP contribution is -2.35. The molecule has 0 unspecified atom stereocenters. The number of hydrogen-bond acceptors (Lipinski definition) is 8. The molecule has 3 aromatic rings. The van der Waals surface area contributed by atoms with E-state index in [-0.39, 0.29) is 21.9 Å². The molecule has 4 rings (SSSR count). The topological polar surface area (TPSA) is 66.8 Å². The van der Waals surface area contributed by atoms with Crippen molar-refractivity contribution >= 4 is 29.2 Å². The SMILES string of the molecule is CSN1CCC(Nc2ncc(F)c(-c3sc(-c4ccncc4)nc3C(F)(F)F)n2)CC1. The van der Waals surface area contributed by atoms with Gasteiger partial charge in [-0.3, -0.25) is 9.29 Å². The molecular weight excluding hydrogens is 452 g/mol. The van der Waals surface area contributed by atoms with Gasteiger partial charge in [-0.15, -0.1) is 11.3 Å². The van der Waals surface area contributed by atoms with Gasteiger partial charge >= 0.3 is 6.18 Å². The Labute approximate surface area is 184 Å². The third kappa shape index (κ3) is 4.96. The summed E-state index contributed by atoms with van der Waals surface area (Å²) in [5.74, 6) is -0.829. The molecule has 1 N–H and O–H groups in total. The lowest BCUT2D eigenvalue weighted by atomic mass is 10.1. The smallest absolute Gasteiger partial charge is 0.351 e. The Morgan fingerprint density at radius 1 is 1.16 bits per heavy atom. The van der Waals surface area contributed by atoms with E-state index in [0.29, 0.717) is 5.56 Å². The molecule has 0 atom stereocenters. The number of piperidine rings is 1. The number of anilines is 1. The molecule has 0 amide bonds. The second kappa shape index (κ2) is 9.05. The lowest BCUT2D eigenvalue weighted by molar-refractivity contribution is -0.140. The fourth-order valence-electron chi connectivity index (χ4n) is 3.25. The number of rotatable bonds is 5. The molecule has 0 aliphatic carbocycles. The first-order chi connectivity index (χ1) is 14.8. The van der Waals surface area contributed by atoms with E-state index < -0.39 is 23.4 Å². The minimum absolute atomic E-state index is 0.0673. The molecule has 0 saturated carbocycles. The van der Waals surface area contributed by atoms with Crippen LogP contribution in [0.5, 0.6) is 0 Å². The van der Waals surface area contributed by atoms with E-state index in [4.69, 9.17) is 0 Å². The van der Waals surface area contributed by atoms with E-state index in [1.807, 2.05) is 6.26 Å². The van der Waals surface area contributed by atoms with Crippen molar-refractivity contribution < 1.29 is 17.6 Å². The van der Waals surface area contributed by atoms with Crippen molar-refractivity contribution in [2.75, 3.05) is 24.7 Å². The van der Waals surface area contributed by atoms with Gasteiger partial charge in [-0.2, -0.15) is 13.2 Å². The maximum absolute atomic E-state index is 14.6. The first-order valence-corrected chi connectivity index (χ1v) is 11.4. The molecule has 3 aromatic heterocycles. The van der Waals surface area contributed by atoms with Crippen molar-refractivity contribution in [3.63, 3.8) is 0 Å². The van der Waals surface area contributed by atoms with Crippen LogP contribution in [0.1, 0.15) is 18.5 Å². The molecule has 6 nitrogen and oxygen atoms in total. The van der Waals surface area contributed by atoms with Crippen LogP contribution >= 0.6 is 23.3 Å². The number of nitrogens with zero attached hydrogens (tertiary/aromatic N) is 5. The number of thiazole rings is 1. The van der Waals surface area contributed by atoms with Crippen molar-refractivity contribution in [1.29, 1.82) is 0 Å². The third-order valence-electron chi connectivity index (χ3n) is 4.83. The number of alkyl halides is 3. The van der Waals surface area contributed by atoms with Crippen LogP contribution in [0.25, 0.3) is 21.1 Å². The van der Waals surface area contributed by atoms with Crippen LogP contribution in [-0.4, -0.2) is 49.6 Å². The number of hydrogen-bond donors (Lipinski definition) is 1. The minimum atomic E-state index is -4.76. The summed E-state index contributed by atoms with van der Waals surface area (Å²) in [5.41, 5.74) is -1.12. The number of pyridine rings is 1. The molecular formula is C19H18F4N6S2. The Hall–Kier alpha value is -2.31. The van der Waals surface area contributed by atoms with Crippen LogP contribution in [-0.2, 0) is 6.18 Å². The van der Waals surface area contributed by atoms with Gasteiger partial charge in [0.25, 0.3) is 0 Å². The predicted molar refractivity (Wildman–Crippen MR) is 113 cm³/mol. The Morgan fingerprint density at radius 3 is 2.52 bits per heavy atom. The average Bonchev–Trinajstić information content (AvgIpc) is 3.22. The monoisotopic (exact) mass is 470 g/mol. The molecule has 31 heavy (non-hydrogen) atoms. The maximum atomic E-state index is 14.6. The highest BCUT2D eigenvalue weighted by molar-refractivity contribution is 7.96. The first kappa shape index (κ1) is 21.9. The third-order valence-corrected chi connectivity index (χ3v) is 6.82. The molecule has 0 bridgehead atoms. The predicted octanol–water partition coefficient (Wildman–Crippen LogP) is 4.97. The molecule has 1 fully saturated rings. The molecule has 0 spiro atoms. The number of halogens is 4. The summed E-state index contributed by atoms with van der Waals surface area (Å²) in [6.07, 6.45) is 2.73. The van der Waals surface area contributed by atoms with Gasteiger partial charge in [-0.25, -0.2) is 19.3 Å². The fraction of sp³-hybridized carbons (Fsp3) is 0.368. The molecule has 1 aliphatic heterocycles. The van der Waals surface area contributed by atoms with E-state index in [1.54, 1.807) is 24.1 Å². The van der Waals surface area contributed by atoms with E-state index >= 15 is 0 Å². The summed E-state index contributed by atoms with van der Waals surface area (Å²) in [4.78, 5) is 15.3. The Bertz CT molecular complexity index is 1040. The molecule has 0 aromatic carbocycles. The van der Waals surface area contributed by atoms with Crippen LogP contribution in [0, 0.1) is 5.82 Å². The van der Waals surface area contributed by atoms with Crippen molar-refractivity contribution in [3.8, 4) is 21.1 Å². The highest BCUT2D eigenvalue weighted by Gasteiger charge is 2.39. The fourth-order valence-corrected chi connectivity index (χ4v) is 4.91. The van der Waals surface area contributed by atoms with E-state index in [2.05, 4.69) is 29.6 Å². The summed E-state index contributed by atoms with van der Waals surface area (Å²) in [6, 6.07) is 3.16. The lowest BCUT2D eigenvalue weighted by Gasteiger charge is -2.30. The van der Waals surface area contributed by atoms with Crippen LogP contribution in [0.4, 0.5) is 23.5 Å². The number of nitrogens with one attached hydrogen (secondary N) is 1. The molecule has 12 heteroatoms. The standard InChI is InChI=1S/C19H18F4N6S2/c1-30-29-8-4-12(5-9-29)26-18-25-10-13(20)14(27-18)15-16(19(21,22)23)28-17(31-15)11-2-6-24-7-3-11/h2-3,6-7,10,12H,4-5,8-9H2,1H3,(H,25,26,27). The molecule has 164 valence electrons. The quantitative estimate of drug-likeness (QED) is 0.417. The summed E-state index contributed by atoms with van der Waals surface area (Å²) in [6.45, 7) is 1.74. The zero-order valence-electron chi connectivity index (χ0n) is 16.4. The Morgan fingerprint density at radius 2 is 1.87 bits per heavy atom. The average molecular weight is 471 g/mol. The number of aromatic nitrogens is 4. The zero-order valence-corrected chi connectivity index (χ0v) is 18.0. The molecule has 0 radical (unpaired) electrons. The summed E-state index contributed by atoms with van der Waals surface area (Å²) in [7, 11) is 0. The normalized spacial score (nSPS) is 15.9. The summed E-state index contributed by atoms with van der Waals surface area (Å²) in [5, 5.41) is 3.24. The van der Waals surface area contributed by atoms with Gasteiger partial charge < -0.3 is 5.32 Å². The van der Waals surface area contributed by atoms with Crippen LogP contribution in [0.15, 0.2) is 30.7 Å². The minimum Gasteiger partial charge on any atom is -0.351 e. The van der Waals surface area contributed by atoms with E-state index in [0.717, 1.165) is 43.5 Å². The highest BCUT2D eigenvalue weighted by Crippen LogP contribution is 2.43. The maximum Gasteiger partial charge on any atom is 0.434 e. The largest absolute Gasteiger partial charge is 0.434 e. The van der Waals surface area contributed by atoms with Crippen LogP contribution in [0.3, 0.4) is 0 Å². The van der Waals surface area contributed by atoms with Crippen molar-refractivity contribution in [3.05, 3.63) is 42.2 Å². The molecule has 4 heterocycles. The van der Waals surface area contributed by atoms with Crippen LogP contribution < -0.4 is 5.32 Å². The van der Waals surface area contributed by atoms with Gasteiger partial charge in [0, 0.05) is 37.1 Å². The van der Waals surface area contributed by atoms with E-state index in [9.17, 15) is 17.6 Å². The van der Waals surface area contributed by atoms with Crippen molar-refractivity contribution in [2.45, 2.75) is 25.1 Å². The highest BCUT2D eigenvalue weighted by atomic mass is 32.2. The van der Waals surface area contributed by atoms with Crippen molar-refractivity contribution in [2.24, 2.45) is 0 Å². The summed E-state index contributed by atoms with van der Waals surface area (Å²) < 4.78 is 57.8. The van der Waals surface area contributed by atoms with Crippen LogP contribution in [0.2, 0.25) is 0 Å². The van der Waals surface area contributed by atoms with Crippen molar-refractivity contribution in [1.82, 2.24) is 24.2 Å². The van der Waals surface area contributed by atoms with Gasteiger partial charge in [0.15, 0.2) is 11.5 Å². The zero-order chi connectivity index (χ0) is 22.0. The second-order valence-electron chi connectivity index (χ2n) is 6.85. The van der Waals surface area contributed by atoms with Gasteiger partial charge in [0.05, 0.1) is 11.1 Å². The first-order valence-electron chi connectivity index (χ1n) is 9.42. The van der Waals surface area contributed by atoms with Gasteiger partial charge in [-0.1, -0.05) is 11.9 Å². The van der Waals surface area contributed by atoms with Gasteiger partial charge in [-0.05, 0) is 31.2 Å². The van der Waals surface area contributed by atoms with Gasteiger partial charge in [0.2, 0.25) is 5.95 Å². The second-order valence-corrected chi connectivity index (χ2v) is 8.73. The van der Waals surface area contributed by atoms with E-state index in [1.165, 1.54) is 12.4 Å². The Balaban J connectivity index is 1.67. The molecule has 1 saturated heterocycles. The van der Waals surface area contributed by atoms with Gasteiger partial charge in [0.1, 0.15) is 10.7 Å². The Kier molecular flexibility index (Phi) is 6.39.